The molecule has 2 rings (SSSR count). The van der Waals surface area contributed by atoms with E-state index in [0.717, 1.165) is 6.07 Å². The molecular weight excluding hydrogens is 310 g/mol. The summed E-state index contributed by atoms with van der Waals surface area (Å²) in [4.78, 5) is 57.3. The maximum absolute atomic E-state index is 12.3. The van der Waals surface area contributed by atoms with Crippen molar-refractivity contribution >= 4 is 29.4 Å². The van der Waals surface area contributed by atoms with Crippen LogP contribution in [0.15, 0.2) is 18.2 Å². The number of benzene rings is 1. The summed E-state index contributed by atoms with van der Waals surface area (Å²) in [6, 6.07) is 1.85. The van der Waals surface area contributed by atoms with Crippen LogP contribution in [0.1, 0.15) is 33.6 Å². The molecule has 1 aliphatic rings. The molecular formula is C13H11N3O7. The number of fused-ring (bicyclic) bond motifs is 1. The Morgan fingerprint density at radius 3 is 2.48 bits per heavy atom. The van der Waals surface area contributed by atoms with E-state index in [2.05, 4.69) is 0 Å². The molecule has 0 saturated carbocycles. The highest BCUT2D eigenvalue weighted by Crippen LogP contribution is 2.32. The quantitative estimate of drug-likeness (QED) is 0.420. The van der Waals surface area contributed by atoms with E-state index < -0.39 is 45.9 Å². The highest BCUT2D eigenvalue weighted by molar-refractivity contribution is 6.24. The van der Waals surface area contributed by atoms with Crippen molar-refractivity contribution in [2.45, 2.75) is 18.9 Å². The number of amides is 3. The van der Waals surface area contributed by atoms with Crippen LogP contribution in [-0.4, -0.2) is 44.7 Å². The van der Waals surface area contributed by atoms with Crippen molar-refractivity contribution in [1.82, 2.24) is 4.90 Å². The van der Waals surface area contributed by atoms with Gasteiger partial charge in [0.05, 0.1) is 10.5 Å². The van der Waals surface area contributed by atoms with Gasteiger partial charge in [-0.1, -0.05) is 6.07 Å². The number of carbonyl (C=O) groups excluding carboxylic acids is 3. The number of carbonyl (C=O) groups is 4. The molecule has 10 nitrogen and oxygen atoms in total. The van der Waals surface area contributed by atoms with E-state index in [0.29, 0.717) is 4.90 Å². The number of nitro groups is 1. The Kier molecular flexibility index (Phi) is 4.08. The highest BCUT2D eigenvalue weighted by atomic mass is 16.6. The number of hydrogen-bond acceptors (Lipinski definition) is 6. The summed E-state index contributed by atoms with van der Waals surface area (Å²) in [5.41, 5.74) is 3.67. The lowest BCUT2D eigenvalue weighted by molar-refractivity contribution is -0.385. The predicted molar refractivity (Wildman–Crippen MR) is 73.4 cm³/mol. The van der Waals surface area contributed by atoms with Crippen molar-refractivity contribution in [2.24, 2.45) is 5.73 Å². The molecule has 1 aromatic carbocycles. The third-order valence-electron chi connectivity index (χ3n) is 3.38. The van der Waals surface area contributed by atoms with E-state index in [1.54, 1.807) is 0 Å². The van der Waals surface area contributed by atoms with E-state index in [-0.39, 0.29) is 18.4 Å². The number of carboxylic acid groups (broad SMARTS) is 1. The molecule has 0 radical (unpaired) electrons. The van der Waals surface area contributed by atoms with Crippen molar-refractivity contribution in [1.29, 1.82) is 0 Å². The van der Waals surface area contributed by atoms with Crippen LogP contribution >= 0.6 is 0 Å². The summed E-state index contributed by atoms with van der Waals surface area (Å²) in [5.74, 6) is -4.33. The molecule has 0 spiro atoms. The van der Waals surface area contributed by atoms with Gasteiger partial charge in [0.2, 0.25) is 5.91 Å². The maximum Gasteiger partial charge on any atom is 0.326 e. The van der Waals surface area contributed by atoms with Crippen LogP contribution in [0, 0.1) is 10.1 Å². The number of nitrogens with zero attached hydrogens (tertiary/aromatic N) is 2. The summed E-state index contributed by atoms with van der Waals surface area (Å²) in [5, 5.41) is 20.2. The first-order valence-electron chi connectivity index (χ1n) is 6.42. The second-order valence-corrected chi connectivity index (χ2v) is 4.80. The Bertz CT molecular complexity index is 743. The van der Waals surface area contributed by atoms with Gasteiger partial charge in [-0.25, -0.2) is 4.79 Å². The molecule has 10 heteroatoms. The molecule has 1 unspecified atom stereocenters. The number of hydrogen-bond donors (Lipinski definition) is 2. The molecule has 0 aromatic heterocycles. The molecule has 0 saturated heterocycles. The molecule has 1 aliphatic heterocycles. The second-order valence-electron chi connectivity index (χ2n) is 4.80. The fraction of sp³-hybridized carbons (Fsp3) is 0.231. The molecule has 1 atom stereocenters. The fourth-order valence-electron chi connectivity index (χ4n) is 2.36. The van der Waals surface area contributed by atoms with Crippen LogP contribution in [0.4, 0.5) is 5.69 Å². The SMILES string of the molecule is NC(=O)CCC(C(=O)O)N1C(=O)c2cccc([N+](=O)[O-])c2C1=O. The smallest absolute Gasteiger partial charge is 0.326 e. The maximum atomic E-state index is 12.3. The van der Waals surface area contributed by atoms with Gasteiger partial charge in [0.15, 0.2) is 0 Å². The van der Waals surface area contributed by atoms with Crippen LogP contribution in [0.25, 0.3) is 0 Å². The van der Waals surface area contributed by atoms with Crippen molar-refractivity contribution in [3.63, 3.8) is 0 Å². The Labute approximate surface area is 128 Å². The third-order valence-corrected chi connectivity index (χ3v) is 3.38. The number of aliphatic carboxylic acids is 1. The third kappa shape index (κ3) is 2.73. The minimum atomic E-state index is -1.63. The number of primary amides is 1. The summed E-state index contributed by atoms with van der Waals surface area (Å²) in [6.45, 7) is 0. The average molecular weight is 321 g/mol. The van der Waals surface area contributed by atoms with Crippen LogP contribution in [0.3, 0.4) is 0 Å². The lowest BCUT2D eigenvalue weighted by Crippen LogP contribution is -2.45. The first-order valence-corrected chi connectivity index (χ1v) is 6.42. The zero-order valence-electron chi connectivity index (χ0n) is 11.6. The zero-order valence-corrected chi connectivity index (χ0v) is 11.6. The molecule has 23 heavy (non-hydrogen) atoms. The number of imide groups is 1. The van der Waals surface area contributed by atoms with Crippen LogP contribution in [-0.2, 0) is 9.59 Å². The van der Waals surface area contributed by atoms with Gasteiger partial charge in [-0.05, 0) is 12.5 Å². The van der Waals surface area contributed by atoms with E-state index >= 15 is 0 Å². The highest BCUT2D eigenvalue weighted by Gasteiger charge is 2.46. The topological polar surface area (TPSA) is 161 Å². The van der Waals surface area contributed by atoms with Gasteiger partial charge in [0, 0.05) is 12.5 Å². The largest absolute Gasteiger partial charge is 0.480 e. The molecule has 1 heterocycles. The van der Waals surface area contributed by atoms with Crippen molar-refractivity contribution in [3.8, 4) is 0 Å². The number of carboxylic acids is 1. The molecule has 0 bridgehead atoms. The van der Waals surface area contributed by atoms with E-state index in [1.807, 2.05) is 0 Å². The number of nitro benzene ring substituents is 1. The molecule has 0 fully saturated rings. The first kappa shape index (κ1) is 16.1. The van der Waals surface area contributed by atoms with Crippen LogP contribution < -0.4 is 5.73 Å². The minimum absolute atomic E-state index is 0.241. The van der Waals surface area contributed by atoms with Gasteiger partial charge in [0.1, 0.15) is 11.6 Å². The van der Waals surface area contributed by atoms with Gasteiger partial charge >= 0.3 is 5.97 Å². The Morgan fingerprint density at radius 1 is 1.30 bits per heavy atom. The second kappa shape index (κ2) is 5.83. The zero-order chi connectivity index (χ0) is 17.3. The summed E-state index contributed by atoms with van der Waals surface area (Å²) in [7, 11) is 0. The number of rotatable bonds is 6. The Hall–Kier alpha value is -3.30. The van der Waals surface area contributed by atoms with Crippen molar-refractivity contribution in [3.05, 3.63) is 39.4 Å². The normalized spacial score (nSPS) is 14.5. The van der Waals surface area contributed by atoms with Gasteiger partial charge in [-0.3, -0.25) is 29.4 Å². The fourth-order valence-corrected chi connectivity index (χ4v) is 2.36. The monoisotopic (exact) mass is 321 g/mol. The molecule has 3 N–H and O–H groups in total. The van der Waals surface area contributed by atoms with Gasteiger partial charge in [-0.2, -0.15) is 0 Å². The van der Waals surface area contributed by atoms with E-state index in [4.69, 9.17) is 5.73 Å². The molecule has 1 aromatic rings. The van der Waals surface area contributed by atoms with Crippen LogP contribution in [0.2, 0.25) is 0 Å². The summed E-state index contributed by atoms with van der Waals surface area (Å²) >= 11 is 0. The predicted octanol–water partition coefficient (Wildman–Crippen LogP) is -0.0905. The lowest BCUT2D eigenvalue weighted by Gasteiger charge is -2.21. The lowest BCUT2D eigenvalue weighted by atomic mass is 10.1. The Balaban J connectivity index is 2.46. The molecule has 0 aliphatic carbocycles. The minimum Gasteiger partial charge on any atom is -0.480 e. The van der Waals surface area contributed by atoms with E-state index in [1.165, 1.54) is 12.1 Å². The first-order chi connectivity index (χ1) is 10.8. The molecule has 120 valence electrons. The standard InChI is InChI=1S/C13H11N3O7/c14-9(17)5-4-8(13(20)21)15-11(18)6-2-1-3-7(16(22)23)10(6)12(15)19/h1-3,8H,4-5H2,(H2,14,17)(H,20,21). The van der Waals surface area contributed by atoms with Crippen molar-refractivity contribution in [2.75, 3.05) is 0 Å². The summed E-state index contributed by atoms with van der Waals surface area (Å²) < 4.78 is 0. The molecule has 3 amide bonds. The van der Waals surface area contributed by atoms with Gasteiger partial charge < -0.3 is 10.8 Å². The summed E-state index contributed by atoms with van der Waals surface area (Å²) in [6.07, 6.45) is -0.726. The van der Waals surface area contributed by atoms with Crippen molar-refractivity contribution < 1.29 is 29.2 Å². The number of nitrogens with two attached hydrogens (primary N) is 1. The van der Waals surface area contributed by atoms with Gasteiger partial charge in [-0.15, -0.1) is 0 Å². The average Bonchev–Trinajstić information content (AvgIpc) is 2.72. The van der Waals surface area contributed by atoms with E-state index in [9.17, 15) is 34.4 Å². The Morgan fingerprint density at radius 2 is 1.96 bits per heavy atom. The van der Waals surface area contributed by atoms with Gasteiger partial charge in [0.25, 0.3) is 17.5 Å². The van der Waals surface area contributed by atoms with Crippen LogP contribution in [0.5, 0.6) is 0 Å².